The second-order valence-electron chi connectivity index (χ2n) is 8.87. The Morgan fingerprint density at radius 1 is 0.862 bits per heavy atom. The molecule has 2 nitrogen and oxygen atoms in total. The topological polar surface area (TPSA) is 3.24 Å². The smallest absolute Gasteiger partial charge is 0.0907 e. The van der Waals surface area contributed by atoms with Crippen LogP contribution in [0.1, 0.15) is 50.7 Å². The van der Waals surface area contributed by atoms with Gasteiger partial charge < -0.3 is 33.4 Å². The van der Waals surface area contributed by atoms with E-state index in [-0.39, 0.29) is 24.0 Å². The first-order chi connectivity index (χ1) is 13.8. The number of piperidine rings is 1. The van der Waals surface area contributed by atoms with Crippen molar-refractivity contribution in [3.05, 3.63) is 65.7 Å². The zero-order valence-corrected chi connectivity index (χ0v) is 20.4. The average Bonchev–Trinajstić information content (AvgIpc) is 3.19. The minimum Gasteiger partial charge on any atom is -1.00 e. The summed E-state index contributed by atoms with van der Waals surface area (Å²) in [6, 6.07) is 21.7. The summed E-state index contributed by atoms with van der Waals surface area (Å²) in [5, 5.41) is 0. The summed E-state index contributed by atoms with van der Waals surface area (Å²) in [6.45, 7) is 9.97. The quantitative estimate of drug-likeness (QED) is 0.414. The normalized spacial score (nSPS) is 20.7. The van der Waals surface area contributed by atoms with Crippen LogP contribution in [0.3, 0.4) is 0 Å². The molecule has 1 aliphatic heterocycles. The lowest BCUT2D eigenvalue weighted by Gasteiger charge is -2.47. The van der Waals surface area contributed by atoms with E-state index in [2.05, 4.69) is 73.3 Å². The molecule has 0 spiro atoms. The van der Waals surface area contributed by atoms with Gasteiger partial charge in [-0.05, 0) is 69.2 Å². The Kier molecular flexibility index (Phi) is 8.03. The van der Waals surface area contributed by atoms with Gasteiger partial charge in [0.25, 0.3) is 0 Å². The monoisotopic (exact) mass is 504 g/mol. The predicted molar refractivity (Wildman–Crippen MR) is 120 cm³/mol. The Morgan fingerprint density at radius 2 is 1.48 bits per heavy atom. The van der Waals surface area contributed by atoms with Crippen molar-refractivity contribution in [3.8, 4) is 0 Å². The first kappa shape index (κ1) is 22.6. The van der Waals surface area contributed by atoms with Gasteiger partial charge in [-0.3, -0.25) is 0 Å². The highest BCUT2D eigenvalue weighted by atomic mass is 127. The number of hydrogen-bond donors (Lipinski definition) is 0. The van der Waals surface area contributed by atoms with Crippen molar-refractivity contribution < 1.29 is 28.5 Å². The maximum absolute atomic E-state index is 2.73. The number of para-hydroxylation sites is 1. The van der Waals surface area contributed by atoms with Gasteiger partial charge in [0, 0.05) is 24.7 Å². The molecule has 158 valence electrons. The van der Waals surface area contributed by atoms with Crippen LogP contribution in [0.2, 0.25) is 0 Å². The van der Waals surface area contributed by atoms with Gasteiger partial charge >= 0.3 is 0 Å². The van der Waals surface area contributed by atoms with E-state index in [1.54, 1.807) is 11.1 Å². The molecular weight excluding hydrogens is 467 g/mol. The Labute approximate surface area is 194 Å². The van der Waals surface area contributed by atoms with Crippen molar-refractivity contribution >= 4 is 5.69 Å². The van der Waals surface area contributed by atoms with E-state index < -0.39 is 0 Å². The van der Waals surface area contributed by atoms with Gasteiger partial charge in [-0.25, -0.2) is 0 Å². The van der Waals surface area contributed by atoms with Gasteiger partial charge in [0.05, 0.1) is 25.7 Å². The van der Waals surface area contributed by atoms with Crippen molar-refractivity contribution in [2.45, 2.75) is 64.5 Å². The van der Waals surface area contributed by atoms with Crippen molar-refractivity contribution in [1.82, 2.24) is 0 Å². The van der Waals surface area contributed by atoms with Crippen LogP contribution in [0.4, 0.5) is 5.69 Å². The van der Waals surface area contributed by atoms with E-state index in [0.717, 1.165) is 6.04 Å². The van der Waals surface area contributed by atoms with Crippen molar-refractivity contribution in [2.24, 2.45) is 0 Å². The molecule has 2 aromatic rings. The molecule has 3 heteroatoms. The van der Waals surface area contributed by atoms with E-state index in [9.17, 15) is 0 Å². The van der Waals surface area contributed by atoms with Gasteiger partial charge in [-0.1, -0.05) is 42.5 Å². The van der Waals surface area contributed by atoms with E-state index in [0.29, 0.717) is 6.04 Å². The number of likely N-dealkylation sites (tertiary alicyclic amines) is 1. The maximum atomic E-state index is 2.73. The molecule has 29 heavy (non-hydrogen) atoms. The third kappa shape index (κ3) is 4.82. The molecule has 2 aliphatic rings. The second-order valence-corrected chi connectivity index (χ2v) is 8.87. The van der Waals surface area contributed by atoms with E-state index in [1.807, 2.05) is 0 Å². The zero-order chi connectivity index (χ0) is 19.4. The van der Waals surface area contributed by atoms with Gasteiger partial charge in [-0.15, -0.1) is 0 Å². The van der Waals surface area contributed by atoms with Crippen molar-refractivity contribution in [2.75, 3.05) is 31.1 Å². The SMILES string of the molecule is CC[N+]1(CC)CCCC[C@@H]1CCN(c1ccccc1)C1Cc2ccccc2C1.[I-]. The van der Waals surface area contributed by atoms with Crippen LogP contribution in [-0.2, 0) is 12.8 Å². The lowest BCUT2D eigenvalue weighted by Crippen LogP contribution is -3.00. The second kappa shape index (κ2) is 10.3. The molecule has 0 saturated carbocycles. The van der Waals surface area contributed by atoms with Gasteiger partial charge in [0.1, 0.15) is 0 Å². The summed E-state index contributed by atoms with van der Waals surface area (Å²) in [4.78, 5) is 2.73. The number of quaternary nitrogens is 1. The lowest BCUT2D eigenvalue weighted by molar-refractivity contribution is -0.953. The Morgan fingerprint density at radius 3 is 2.10 bits per heavy atom. The molecule has 1 aliphatic carbocycles. The largest absolute Gasteiger partial charge is 1.00 e. The summed E-state index contributed by atoms with van der Waals surface area (Å²) in [7, 11) is 0. The summed E-state index contributed by atoms with van der Waals surface area (Å²) in [5.74, 6) is 0. The molecule has 1 atom stereocenters. The summed E-state index contributed by atoms with van der Waals surface area (Å²) in [5.41, 5.74) is 4.51. The van der Waals surface area contributed by atoms with Gasteiger partial charge in [0.15, 0.2) is 0 Å². The van der Waals surface area contributed by atoms with E-state index in [1.165, 1.54) is 74.9 Å². The number of fused-ring (bicyclic) bond motifs is 1. The molecule has 0 bridgehead atoms. The van der Waals surface area contributed by atoms with Crippen LogP contribution < -0.4 is 28.9 Å². The molecule has 0 radical (unpaired) electrons. The number of benzene rings is 2. The van der Waals surface area contributed by atoms with Crippen molar-refractivity contribution in [3.63, 3.8) is 0 Å². The highest BCUT2D eigenvalue weighted by Crippen LogP contribution is 2.32. The van der Waals surface area contributed by atoms with Crippen LogP contribution in [0.15, 0.2) is 54.6 Å². The minimum absolute atomic E-state index is 0. The molecular formula is C26H37IN2. The fourth-order valence-corrected chi connectivity index (χ4v) is 5.92. The first-order valence-electron chi connectivity index (χ1n) is 11.5. The van der Waals surface area contributed by atoms with E-state index >= 15 is 0 Å². The third-order valence-corrected chi connectivity index (χ3v) is 7.69. The fraction of sp³-hybridized carbons (Fsp3) is 0.538. The van der Waals surface area contributed by atoms with Gasteiger partial charge in [-0.2, -0.15) is 0 Å². The molecule has 2 aromatic carbocycles. The number of anilines is 1. The highest BCUT2D eigenvalue weighted by molar-refractivity contribution is 5.49. The number of rotatable bonds is 7. The van der Waals surface area contributed by atoms with Crippen LogP contribution in [0.5, 0.6) is 0 Å². The molecule has 0 unspecified atom stereocenters. The predicted octanol–water partition coefficient (Wildman–Crippen LogP) is 2.46. The lowest BCUT2D eigenvalue weighted by atomic mass is 9.94. The number of halogens is 1. The van der Waals surface area contributed by atoms with Crippen LogP contribution >= 0.6 is 0 Å². The van der Waals surface area contributed by atoms with Crippen LogP contribution in [0.25, 0.3) is 0 Å². The Hall–Kier alpha value is -1.07. The molecule has 1 heterocycles. The van der Waals surface area contributed by atoms with Crippen LogP contribution in [-0.4, -0.2) is 42.7 Å². The summed E-state index contributed by atoms with van der Waals surface area (Å²) < 4.78 is 1.34. The molecule has 0 amide bonds. The van der Waals surface area contributed by atoms with Crippen molar-refractivity contribution in [1.29, 1.82) is 0 Å². The number of hydrogen-bond acceptors (Lipinski definition) is 1. The van der Waals surface area contributed by atoms with Gasteiger partial charge in [0.2, 0.25) is 0 Å². The standard InChI is InChI=1S/C26H37N2.HI/c1-3-28(4-2)19-11-10-16-26(28)17-18-27(24-14-6-5-7-15-24)25-20-22-12-8-9-13-23(22)21-25;/h5-9,12-15,25-26H,3-4,10-11,16-21H2,1-2H3;1H/q+1;/p-1/t26-;/m1./s1. The minimum atomic E-state index is 0. The summed E-state index contributed by atoms with van der Waals surface area (Å²) in [6.07, 6.45) is 7.95. The Balaban J connectivity index is 0.00000240. The molecule has 0 aromatic heterocycles. The summed E-state index contributed by atoms with van der Waals surface area (Å²) >= 11 is 0. The van der Waals surface area contributed by atoms with Crippen LogP contribution in [0, 0.1) is 0 Å². The molecule has 1 fully saturated rings. The molecule has 1 saturated heterocycles. The number of nitrogens with zero attached hydrogens (tertiary/aromatic N) is 2. The molecule has 0 N–H and O–H groups in total. The Bertz CT molecular complexity index is 731. The molecule has 4 rings (SSSR count). The highest BCUT2D eigenvalue weighted by Gasteiger charge is 2.37. The first-order valence-corrected chi connectivity index (χ1v) is 11.5. The fourth-order valence-electron chi connectivity index (χ4n) is 5.92. The van der Waals surface area contributed by atoms with E-state index in [4.69, 9.17) is 0 Å². The zero-order valence-electron chi connectivity index (χ0n) is 18.2. The average molecular weight is 505 g/mol. The maximum Gasteiger partial charge on any atom is 0.0907 e. The third-order valence-electron chi connectivity index (χ3n) is 7.69.